The number of allylic oxidation sites excluding steroid dienone is 1. The van der Waals surface area contributed by atoms with E-state index < -0.39 is 23.2 Å². The largest absolute Gasteiger partial charge is 0.465 e. The molecule has 1 spiro atoms. The van der Waals surface area contributed by atoms with Crippen LogP contribution in [0.2, 0.25) is 0 Å². The number of amides is 1. The van der Waals surface area contributed by atoms with E-state index in [9.17, 15) is 14.4 Å². The van der Waals surface area contributed by atoms with Crippen LogP contribution in [-0.4, -0.2) is 30.2 Å². The van der Waals surface area contributed by atoms with Crippen molar-refractivity contribution in [3.8, 4) is 0 Å². The second kappa shape index (κ2) is 6.02. The Hall–Kier alpha value is -2.96. The summed E-state index contributed by atoms with van der Waals surface area (Å²) < 4.78 is 10.9. The molecule has 1 aromatic carbocycles. The third-order valence-corrected chi connectivity index (χ3v) is 5.64. The number of carbonyl (C=O) groups is 3. The quantitative estimate of drug-likeness (QED) is 0.765. The van der Waals surface area contributed by atoms with Gasteiger partial charge in [-0.15, -0.1) is 0 Å². The topological polar surface area (TPSA) is 106 Å². The lowest BCUT2D eigenvalue weighted by Gasteiger charge is -2.44. The van der Waals surface area contributed by atoms with Gasteiger partial charge >= 0.3 is 5.97 Å². The molecule has 1 amide bonds. The Morgan fingerprint density at radius 1 is 1.29 bits per heavy atom. The number of hydrogen-bond donors (Lipinski definition) is 2. The molecule has 146 valence electrons. The number of anilines is 1. The van der Waals surface area contributed by atoms with Gasteiger partial charge in [-0.25, -0.2) is 0 Å². The molecule has 4 rings (SSSR count). The SMILES string of the molecule is CCOC(=O)C1C(=N)OC2=C(C(=O)CC(C)(C)C2)C12C(=O)Nc1ccccc12. The summed E-state index contributed by atoms with van der Waals surface area (Å²) in [5.41, 5.74) is -0.778. The normalized spacial score (nSPS) is 27.8. The zero-order chi connectivity index (χ0) is 20.3. The highest BCUT2D eigenvalue weighted by Gasteiger charge is 2.66. The van der Waals surface area contributed by atoms with Gasteiger partial charge in [-0.3, -0.25) is 19.8 Å². The van der Waals surface area contributed by atoms with Crippen LogP contribution in [0.25, 0.3) is 0 Å². The van der Waals surface area contributed by atoms with E-state index in [2.05, 4.69) is 5.32 Å². The number of Topliss-reactive ketones (excluding diaryl/α,β-unsaturated/α-hetero) is 1. The maximum absolute atomic E-state index is 13.4. The van der Waals surface area contributed by atoms with E-state index in [-0.39, 0.29) is 35.7 Å². The summed E-state index contributed by atoms with van der Waals surface area (Å²) in [6, 6.07) is 6.96. The Bertz CT molecular complexity index is 961. The molecule has 0 saturated heterocycles. The monoisotopic (exact) mass is 382 g/mol. The molecular formula is C21H22N2O5. The summed E-state index contributed by atoms with van der Waals surface area (Å²) in [7, 11) is 0. The van der Waals surface area contributed by atoms with Crippen LogP contribution in [-0.2, 0) is 29.3 Å². The van der Waals surface area contributed by atoms with Gasteiger partial charge in [-0.1, -0.05) is 32.0 Å². The molecule has 3 aliphatic rings. The molecule has 7 heteroatoms. The molecule has 2 atom stereocenters. The predicted octanol–water partition coefficient (Wildman–Crippen LogP) is 2.71. The van der Waals surface area contributed by atoms with Crippen molar-refractivity contribution >= 4 is 29.2 Å². The number of esters is 1. The Morgan fingerprint density at radius 3 is 2.71 bits per heavy atom. The van der Waals surface area contributed by atoms with E-state index in [1.165, 1.54) is 0 Å². The molecule has 1 aromatic rings. The fourth-order valence-electron chi connectivity index (χ4n) is 4.65. The first-order chi connectivity index (χ1) is 13.2. The van der Waals surface area contributed by atoms with Crippen molar-refractivity contribution in [3.63, 3.8) is 0 Å². The first-order valence-corrected chi connectivity index (χ1v) is 9.33. The van der Waals surface area contributed by atoms with Crippen LogP contribution < -0.4 is 5.32 Å². The number of hydrogen-bond acceptors (Lipinski definition) is 6. The average molecular weight is 382 g/mol. The highest BCUT2D eigenvalue weighted by molar-refractivity contribution is 6.22. The molecule has 1 aliphatic carbocycles. The number of ether oxygens (including phenoxy) is 2. The van der Waals surface area contributed by atoms with Gasteiger partial charge in [0.2, 0.25) is 11.8 Å². The van der Waals surface area contributed by atoms with Crippen molar-refractivity contribution in [2.75, 3.05) is 11.9 Å². The minimum absolute atomic E-state index is 0.0921. The molecule has 0 saturated carbocycles. The maximum atomic E-state index is 13.4. The van der Waals surface area contributed by atoms with E-state index in [1.807, 2.05) is 13.8 Å². The van der Waals surface area contributed by atoms with Gasteiger partial charge in [0.1, 0.15) is 11.2 Å². The molecule has 2 unspecified atom stereocenters. The molecule has 0 radical (unpaired) electrons. The fraction of sp³-hybridized carbons (Fsp3) is 0.429. The molecule has 7 nitrogen and oxygen atoms in total. The lowest BCUT2D eigenvalue weighted by atomic mass is 9.59. The molecule has 0 aromatic heterocycles. The van der Waals surface area contributed by atoms with Crippen molar-refractivity contribution in [2.24, 2.45) is 11.3 Å². The van der Waals surface area contributed by atoms with E-state index >= 15 is 0 Å². The summed E-state index contributed by atoms with van der Waals surface area (Å²) in [5, 5.41) is 11.2. The summed E-state index contributed by atoms with van der Waals surface area (Å²) >= 11 is 0. The summed E-state index contributed by atoms with van der Waals surface area (Å²) in [5.74, 6) is -2.89. The Kier molecular flexibility index (Phi) is 3.96. The first-order valence-electron chi connectivity index (χ1n) is 9.33. The van der Waals surface area contributed by atoms with Gasteiger partial charge in [-0.2, -0.15) is 0 Å². The lowest BCUT2D eigenvalue weighted by Crippen LogP contribution is -2.57. The summed E-state index contributed by atoms with van der Waals surface area (Å²) in [6.07, 6.45) is 0.637. The van der Waals surface area contributed by atoms with Crippen LogP contribution in [0.3, 0.4) is 0 Å². The second-order valence-corrected chi connectivity index (χ2v) is 8.20. The zero-order valence-corrected chi connectivity index (χ0v) is 16.0. The van der Waals surface area contributed by atoms with E-state index in [0.29, 0.717) is 23.4 Å². The van der Waals surface area contributed by atoms with Crippen LogP contribution in [0.4, 0.5) is 5.69 Å². The zero-order valence-electron chi connectivity index (χ0n) is 16.0. The number of rotatable bonds is 2. The summed E-state index contributed by atoms with van der Waals surface area (Å²) in [4.78, 5) is 39.5. The van der Waals surface area contributed by atoms with Crippen LogP contribution in [0.5, 0.6) is 0 Å². The Morgan fingerprint density at radius 2 is 2.00 bits per heavy atom. The van der Waals surface area contributed by atoms with Crippen molar-refractivity contribution in [1.29, 1.82) is 5.41 Å². The molecule has 2 heterocycles. The van der Waals surface area contributed by atoms with Crippen molar-refractivity contribution in [3.05, 3.63) is 41.2 Å². The minimum Gasteiger partial charge on any atom is -0.465 e. The van der Waals surface area contributed by atoms with Crippen molar-refractivity contribution < 1.29 is 23.9 Å². The van der Waals surface area contributed by atoms with Crippen LogP contribution in [0, 0.1) is 16.7 Å². The number of ketones is 1. The fourth-order valence-corrected chi connectivity index (χ4v) is 4.65. The van der Waals surface area contributed by atoms with Gasteiger partial charge in [0.15, 0.2) is 11.7 Å². The highest BCUT2D eigenvalue weighted by atomic mass is 16.5. The Labute approximate surface area is 162 Å². The number of nitrogens with one attached hydrogen (secondary N) is 2. The van der Waals surface area contributed by atoms with Crippen LogP contribution in [0.1, 0.15) is 39.2 Å². The van der Waals surface area contributed by atoms with Crippen molar-refractivity contribution in [2.45, 2.75) is 39.0 Å². The van der Waals surface area contributed by atoms with E-state index in [1.54, 1.807) is 31.2 Å². The van der Waals surface area contributed by atoms with E-state index in [4.69, 9.17) is 14.9 Å². The van der Waals surface area contributed by atoms with E-state index in [0.717, 1.165) is 0 Å². The predicted molar refractivity (Wildman–Crippen MR) is 101 cm³/mol. The van der Waals surface area contributed by atoms with Gasteiger partial charge in [0, 0.05) is 18.5 Å². The van der Waals surface area contributed by atoms with Gasteiger partial charge in [0.05, 0.1) is 12.2 Å². The first kappa shape index (κ1) is 18.4. The Balaban J connectivity index is 2.04. The number of benzene rings is 1. The minimum atomic E-state index is -1.64. The third-order valence-electron chi connectivity index (χ3n) is 5.64. The number of fused-ring (bicyclic) bond motifs is 3. The summed E-state index contributed by atoms with van der Waals surface area (Å²) in [6.45, 7) is 5.62. The third kappa shape index (κ3) is 2.35. The average Bonchev–Trinajstić information content (AvgIpc) is 2.86. The maximum Gasteiger partial charge on any atom is 0.320 e. The van der Waals surface area contributed by atoms with Gasteiger partial charge in [0.25, 0.3) is 0 Å². The molecule has 0 bridgehead atoms. The molecule has 2 N–H and O–H groups in total. The van der Waals surface area contributed by atoms with Crippen LogP contribution in [0.15, 0.2) is 35.6 Å². The van der Waals surface area contributed by atoms with Crippen LogP contribution >= 0.6 is 0 Å². The van der Waals surface area contributed by atoms with Crippen molar-refractivity contribution in [1.82, 2.24) is 0 Å². The van der Waals surface area contributed by atoms with Gasteiger partial charge < -0.3 is 14.8 Å². The smallest absolute Gasteiger partial charge is 0.320 e. The second-order valence-electron chi connectivity index (χ2n) is 8.20. The molecular weight excluding hydrogens is 360 g/mol. The number of carbonyl (C=O) groups excluding carboxylic acids is 3. The van der Waals surface area contributed by atoms with Gasteiger partial charge in [-0.05, 0) is 24.0 Å². The molecule has 28 heavy (non-hydrogen) atoms. The lowest BCUT2D eigenvalue weighted by molar-refractivity contribution is -0.150. The standard InChI is InChI=1S/C21H22N2O5/c1-4-27-18(25)16-17(22)28-14-10-20(2,3)9-13(24)15(14)21(16)11-7-5-6-8-12(11)23-19(21)26/h5-8,16,22H,4,9-10H2,1-3H3,(H,23,26). The molecule has 0 fully saturated rings. The number of para-hydroxylation sites is 1. The highest BCUT2D eigenvalue weighted by Crippen LogP contribution is 2.56. The molecule has 2 aliphatic heterocycles.